The van der Waals surface area contributed by atoms with Gasteiger partial charge in [0.1, 0.15) is 5.82 Å². The van der Waals surface area contributed by atoms with Crippen LogP contribution < -0.4 is 5.73 Å². The van der Waals surface area contributed by atoms with E-state index in [4.69, 9.17) is 5.73 Å². The molecule has 0 saturated carbocycles. The molecular formula is C19H16F4N4O. The van der Waals surface area contributed by atoms with Crippen molar-refractivity contribution in [2.45, 2.75) is 19.5 Å². The van der Waals surface area contributed by atoms with Gasteiger partial charge in [0.2, 0.25) is 0 Å². The summed E-state index contributed by atoms with van der Waals surface area (Å²) in [7, 11) is 1.66. The summed E-state index contributed by atoms with van der Waals surface area (Å²) in [6, 6.07) is 5.74. The van der Waals surface area contributed by atoms with Gasteiger partial charge in [-0.05, 0) is 48.4 Å². The minimum absolute atomic E-state index is 0.0209. The molecule has 0 unspecified atom stereocenters. The highest BCUT2D eigenvalue weighted by atomic mass is 19.4. The number of rotatable bonds is 4. The van der Waals surface area contributed by atoms with Crippen LogP contribution >= 0.6 is 0 Å². The van der Waals surface area contributed by atoms with E-state index in [9.17, 15) is 22.4 Å². The van der Waals surface area contributed by atoms with Crippen LogP contribution in [0.3, 0.4) is 0 Å². The number of nitrogens with zero attached hydrogens (tertiary/aromatic N) is 3. The van der Waals surface area contributed by atoms with Gasteiger partial charge in [0.25, 0.3) is 5.91 Å². The summed E-state index contributed by atoms with van der Waals surface area (Å²) in [5, 5.41) is 4.27. The van der Waals surface area contributed by atoms with Crippen LogP contribution in [-0.2, 0) is 19.6 Å². The Hall–Kier alpha value is -3.23. The first-order chi connectivity index (χ1) is 13.0. The molecule has 0 saturated heterocycles. The molecule has 0 spiro atoms. The molecule has 1 amide bonds. The molecule has 1 aromatic carbocycles. The lowest BCUT2D eigenvalue weighted by atomic mass is 10.0. The first-order valence-corrected chi connectivity index (χ1v) is 8.21. The normalized spacial score (nSPS) is 11.6. The van der Waals surface area contributed by atoms with E-state index in [1.807, 2.05) is 0 Å². The summed E-state index contributed by atoms with van der Waals surface area (Å²) in [5.41, 5.74) is 6.90. The predicted molar refractivity (Wildman–Crippen MR) is 93.9 cm³/mol. The Morgan fingerprint density at radius 3 is 2.50 bits per heavy atom. The summed E-state index contributed by atoms with van der Waals surface area (Å²) >= 11 is 0. The lowest BCUT2D eigenvalue weighted by molar-refractivity contribution is -0.137. The number of carbonyl (C=O) groups is 1. The van der Waals surface area contributed by atoms with Crippen LogP contribution in [0.5, 0.6) is 0 Å². The Morgan fingerprint density at radius 2 is 1.89 bits per heavy atom. The highest BCUT2D eigenvalue weighted by Crippen LogP contribution is 2.31. The molecule has 2 aromatic heterocycles. The average Bonchev–Trinajstić information content (AvgIpc) is 2.93. The average molecular weight is 392 g/mol. The van der Waals surface area contributed by atoms with Crippen LogP contribution in [-0.4, -0.2) is 20.7 Å². The first kappa shape index (κ1) is 19.5. The fourth-order valence-corrected chi connectivity index (χ4v) is 2.93. The number of primary amides is 1. The second-order valence-corrected chi connectivity index (χ2v) is 6.42. The molecule has 3 rings (SSSR count). The van der Waals surface area contributed by atoms with Crippen LogP contribution in [0.1, 0.15) is 32.7 Å². The Morgan fingerprint density at radius 1 is 1.18 bits per heavy atom. The van der Waals surface area contributed by atoms with Crippen molar-refractivity contribution >= 4 is 5.91 Å². The quantitative estimate of drug-likeness (QED) is 0.689. The molecule has 0 bridgehead atoms. The van der Waals surface area contributed by atoms with E-state index in [0.29, 0.717) is 34.3 Å². The maximum Gasteiger partial charge on any atom is 0.416 e. The monoisotopic (exact) mass is 392 g/mol. The van der Waals surface area contributed by atoms with Gasteiger partial charge < -0.3 is 5.73 Å². The van der Waals surface area contributed by atoms with Crippen LogP contribution in [0.25, 0.3) is 11.4 Å². The topological polar surface area (TPSA) is 73.8 Å². The Bertz CT molecular complexity index is 1060. The number of hydrogen-bond donors (Lipinski definition) is 1. The molecule has 2 heterocycles. The molecule has 28 heavy (non-hydrogen) atoms. The zero-order valence-corrected chi connectivity index (χ0v) is 15.0. The molecule has 0 atom stereocenters. The Labute approximate surface area is 157 Å². The van der Waals surface area contributed by atoms with Crippen LogP contribution in [0, 0.1) is 12.7 Å². The van der Waals surface area contributed by atoms with Crippen molar-refractivity contribution in [3.8, 4) is 11.4 Å². The van der Waals surface area contributed by atoms with Gasteiger partial charge in [0.15, 0.2) is 0 Å². The molecule has 3 aromatic rings. The van der Waals surface area contributed by atoms with Gasteiger partial charge in [-0.1, -0.05) is 0 Å². The van der Waals surface area contributed by atoms with E-state index >= 15 is 0 Å². The number of amides is 1. The van der Waals surface area contributed by atoms with Crippen molar-refractivity contribution in [2.75, 3.05) is 0 Å². The van der Waals surface area contributed by atoms with E-state index in [2.05, 4.69) is 10.1 Å². The molecule has 9 heteroatoms. The number of aryl methyl sites for hydroxylation is 2. The lowest BCUT2D eigenvalue weighted by Gasteiger charge is -2.08. The Kier molecular flexibility index (Phi) is 4.93. The van der Waals surface area contributed by atoms with Crippen molar-refractivity contribution in [3.63, 3.8) is 0 Å². The summed E-state index contributed by atoms with van der Waals surface area (Å²) in [6.45, 7) is 1.72. The Balaban J connectivity index is 1.92. The SMILES string of the molecule is Cc1cc(-c2cc(Cc3cc(F)cc(C(F)(F)F)c3)nn2C)ncc1C(N)=O. The number of benzene rings is 1. The first-order valence-electron chi connectivity index (χ1n) is 8.21. The molecular weight excluding hydrogens is 376 g/mol. The molecule has 0 fully saturated rings. The largest absolute Gasteiger partial charge is 0.416 e. The molecule has 5 nitrogen and oxygen atoms in total. The lowest BCUT2D eigenvalue weighted by Crippen LogP contribution is -2.13. The van der Waals surface area contributed by atoms with E-state index < -0.39 is 23.5 Å². The molecule has 0 aliphatic heterocycles. The van der Waals surface area contributed by atoms with Crippen molar-refractivity contribution < 1.29 is 22.4 Å². The van der Waals surface area contributed by atoms with Crippen molar-refractivity contribution in [1.29, 1.82) is 0 Å². The number of pyridine rings is 1. The summed E-state index contributed by atoms with van der Waals surface area (Å²) < 4.78 is 53.7. The van der Waals surface area contributed by atoms with Crippen molar-refractivity contribution in [2.24, 2.45) is 12.8 Å². The standard InChI is InChI=1S/C19H16F4N4O/c1-10-3-16(25-9-15(10)18(24)28)17-8-14(26-27(17)2)6-11-4-12(19(21,22)23)7-13(20)5-11/h3-5,7-9H,6H2,1-2H3,(H2,24,28). The van der Waals surface area contributed by atoms with E-state index in [1.165, 1.54) is 10.9 Å². The zero-order chi connectivity index (χ0) is 20.6. The molecule has 0 aliphatic carbocycles. The minimum atomic E-state index is -4.63. The highest BCUT2D eigenvalue weighted by molar-refractivity contribution is 5.94. The van der Waals surface area contributed by atoms with Gasteiger partial charge in [0, 0.05) is 19.7 Å². The van der Waals surface area contributed by atoms with E-state index in [1.54, 1.807) is 26.1 Å². The van der Waals surface area contributed by atoms with E-state index in [-0.39, 0.29) is 12.0 Å². The van der Waals surface area contributed by atoms with Gasteiger partial charge in [-0.15, -0.1) is 0 Å². The summed E-state index contributed by atoms with van der Waals surface area (Å²) in [4.78, 5) is 15.5. The second kappa shape index (κ2) is 7.06. The van der Waals surface area contributed by atoms with Crippen LogP contribution in [0.4, 0.5) is 17.6 Å². The van der Waals surface area contributed by atoms with Gasteiger partial charge in [-0.2, -0.15) is 18.3 Å². The maximum atomic E-state index is 13.6. The predicted octanol–water partition coefficient (Wildman–Crippen LogP) is 3.64. The van der Waals surface area contributed by atoms with Crippen molar-refractivity contribution in [1.82, 2.24) is 14.8 Å². The molecule has 0 aliphatic rings. The number of aromatic nitrogens is 3. The zero-order valence-electron chi connectivity index (χ0n) is 15.0. The van der Waals surface area contributed by atoms with E-state index in [0.717, 1.165) is 12.1 Å². The third kappa shape index (κ3) is 4.03. The smallest absolute Gasteiger partial charge is 0.366 e. The summed E-state index contributed by atoms with van der Waals surface area (Å²) in [5.74, 6) is -1.55. The third-order valence-electron chi connectivity index (χ3n) is 4.24. The van der Waals surface area contributed by atoms with Gasteiger partial charge >= 0.3 is 6.18 Å². The molecule has 2 N–H and O–H groups in total. The number of halogens is 4. The fourth-order valence-electron chi connectivity index (χ4n) is 2.93. The summed E-state index contributed by atoms with van der Waals surface area (Å²) in [6.07, 6.45) is -3.25. The number of alkyl halides is 3. The van der Waals surface area contributed by atoms with Gasteiger partial charge in [0.05, 0.1) is 28.2 Å². The number of carbonyl (C=O) groups excluding carboxylic acids is 1. The number of hydrogen-bond acceptors (Lipinski definition) is 3. The number of nitrogens with two attached hydrogens (primary N) is 1. The van der Waals surface area contributed by atoms with Crippen LogP contribution in [0.15, 0.2) is 36.5 Å². The molecule has 0 radical (unpaired) electrons. The molecule has 146 valence electrons. The van der Waals surface area contributed by atoms with Gasteiger partial charge in [-0.25, -0.2) is 4.39 Å². The van der Waals surface area contributed by atoms with Gasteiger partial charge in [-0.3, -0.25) is 14.5 Å². The van der Waals surface area contributed by atoms with Crippen LogP contribution in [0.2, 0.25) is 0 Å². The third-order valence-corrected chi connectivity index (χ3v) is 4.24. The van der Waals surface area contributed by atoms with Crippen molar-refractivity contribution in [3.05, 3.63) is 70.3 Å². The minimum Gasteiger partial charge on any atom is -0.366 e. The second-order valence-electron chi connectivity index (χ2n) is 6.42. The highest BCUT2D eigenvalue weighted by Gasteiger charge is 2.31. The fraction of sp³-hybridized carbons (Fsp3) is 0.211. The maximum absolute atomic E-state index is 13.6.